The number of benzene rings is 3. The molecule has 1 unspecified atom stereocenters. The average molecular weight is 429 g/mol. The number of halogens is 1. The van der Waals surface area contributed by atoms with Crippen molar-refractivity contribution in [2.45, 2.75) is 26.3 Å². The largest absolute Gasteiger partial charge is 0.359 e. The fraction of sp³-hybridized carbons (Fsp3) is 0.154. The Morgan fingerprint density at radius 3 is 2.50 bits per heavy atom. The number of nitrogens with one attached hydrogen (secondary N) is 3. The molecular weight excluding hydrogens is 403 g/mol. The molecule has 0 bridgehead atoms. The number of guanidine groups is 1. The average Bonchev–Trinajstić information content (AvgIpc) is 3.28. The number of aryl methyl sites for hydroxylation is 1. The van der Waals surface area contributed by atoms with Crippen molar-refractivity contribution in [2.24, 2.45) is 0 Å². The summed E-state index contributed by atoms with van der Waals surface area (Å²) in [5.74, 6) is 0.376. The highest BCUT2D eigenvalue weighted by molar-refractivity contribution is 5.91. The summed E-state index contributed by atoms with van der Waals surface area (Å²) in [6.45, 7) is 4.30. The molecular formula is C26H25FN4O. The van der Waals surface area contributed by atoms with Crippen LogP contribution in [0.5, 0.6) is 0 Å². The Bertz CT molecular complexity index is 1200. The normalized spacial score (nSPS) is 11.7. The molecule has 162 valence electrons. The van der Waals surface area contributed by atoms with Gasteiger partial charge in [-0.05, 0) is 36.2 Å². The summed E-state index contributed by atoms with van der Waals surface area (Å²) in [7, 11) is 0. The second kappa shape index (κ2) is 9.47. The molecule has 0 spiro atoms. The number of rotatable bonds is 6. The predicted molar refractivity (Wildman–Crippen MR) is 125 cm³/mol. The SMILES string of the molecule is Cc1ccc(NC(=N)NCc2cc(C(C)c3ccc(-c4ccccc4)c(F)c3)no2)cc1. The molecule has 1 heterocycles. The number of hydrogen-bond donors (Lipinski definition) is 3. The van der Waals surface area contributed by atoms with Gasteiger partial charge in [-0.25, -0.2) is 4.39 Å². The molecule has 32 heavy (non-hydrogen) atoms. The minimum Gasteiger partial charge on any atom is -0.359 e. The molecule has 0 aliphatic heterocycles. The van der Waals surface area contributed by atoms with Crippen molar-refractivity contribution in [3.8, 4) is 11.1 Å². The van der Waals surface area contributed by atoms with E-state index in [2.05, 4.69) is 15.8 Å². The van der Waals surface area contributed by atoms with Gasteiger partial charge in [0, 0.05) is 23.2 Å². The van der Waals surface area contributed by atoms with Crippen molar-refractivity contribution in [3.05, 3.63) is 107 Å². The van der Waals surface area contributed by atoms with Crippen LogP contribution in [0.4, 0.5) is 10.1 Å². The number of nitrogens with zero attached hydrogens (tertiary/aromatic N) is 1. The quantitative estimate of drug-likeness (QED) is 0.257. The van der Waals surface area contributed by atoms with Gasteiger partial charge in [0.25, 0.3) is 0 Å². The summed E-state index contributed by atoms with van der Waals surface area (Å²) in [5, 5.41) is 18.1. The van der Waals surface area contributed by atoms with Crippen molar-refractivity contribution >= 4 is 11.6 Å². The molecule has 4 rings (SSSR count). The van der Waals surface area contributed by atoms with Gasteiger partial charge in [-0.2, -0.15) is 0 Å². The van der Waals surface area contributed by atoms with Gasteiger partial charge in [0.1, 0.15) is 5.82 Å². The molecule has 0 amide bonds. The molecule has 0 aliphatic carbocycles. The zero-order valence-electron chi connectivity index (χ0n) is 18.0. The van der Waals surface area contributed by atoms with Crippen molar-refractivity contribution in [1.29, 1.82) is 5.41 Å². The molecule has 6 heteroatoms. The summed E-state index contributed by atoms with van der Waals surface area (Å²) < 4.78 is 20.2. The predicted octanol–water partition coefficient (Wildman–Crippen LogP) is 6.08. The monoisotopic (exact) mass is 428 g/mol. The van der Waals surface area contributed by atoms with Crippen LogP contribution in [-0.2, 0) is 6.54 Å². The van der Waals surface area contributed by atoms with Gasteiger partial charge in [0.2, 0.25) is 0 Å². The minimum atomic E-state index is -0.262. The molecule has 0 saturated carbocycles. The zero-order chi connectivity index (χ0) is 22.5. The molecule has 0 aliphatic rings. The summed E-state index contributed by atoms with van der Waals surface area (Å²) in [5.41, 5.74) is 4.95. The Kier molecular flexibility index (Phi) is 6.31. The fourth-order valence-corrected chi connectivity index (χ4v) is 3.44. The zero-order valence-corrected chi connectivity index (χ0v) is 18.0. The standard InChI is InChI=1S/C26H25FN4O/c1-17-8-11-21(12-9-17)30-26(28)29-16-22-15-25(31-32-22)18(2)20-10-13-23(24(27)14-20)19-6-4-3-5-7-19/h3-15,18H,16H2,1-2H3,(H3,28,29,30). The number of anilines is 1. The summed E-state index contributed by atoms with van der Waals surface area (Å²) >= 11 is 0. The Labute approximate surface area is 186 Å². The highest BCUT2D eigenvalue weighted by Crippen LogP contribution is 2.29. The van der Waals surface area contributed by atoms with Gasteiger partial charge >= 0.3 is 0 Å². The molecule has 0 radical (unpaired) electrons. The molecule has 0 fully saturated rings. The van der Waals surface area contributed by atoms with E-state index in [0.29, 0.717) is 23.6 Å². The second-order valence-corrected chi connectivity index (χ2v) is 7.76. The van der Waals surface area contributed by atoms with Gasteiger partial charge in [-0.1, -0.05) is 72.2 Å². The lowest BCUT2D eigenvalue weighted by Gasteiger charge is -2.11. The van der Waals surface area contributed by atoms with Crippen LogP contribution in [-0.4, -0.2) is 11.1 Å². The third-order valence-electron chi connectivity index (χ3n) is 5.36. The van der Waals surface area contributed by atoms with E-state index in [1.165, 1.54) is 0 Å². The topological polar surface area (TPSA) is 73.9 Å². The highest BCUT2D eigenvalue weighted by atomic mass is 19.1. The molecule has 5 nitrogen and oxygen atoms in total. The molecule has 3 aromatic carbocycles. The van der Waals surface area contributed by atoms with E-state index in [1.807, 2.05) is 80.6 Å². The molecule has 0 saturated heterocycles. The van der Waals surface area contributed by atoms with Crippen LogP contribution >= 0.6 is 0 Å². The first-order valence-electron chi connectivity index (χ1n) is 10.5. The molecule has 1 aromatic heterocycles. The lowest BCUT2D eigenvalue weighted by atomic mass is 9.94. The van der Waals surface area contributed by atoms with E-state index in [0.717, 1.165) is 22.4 Å². The third-order valence-corrected chi connectivity index (χ3v) is 5.36. The summed E-state index contributed by atoms with van der Waals surface area (Å²) in [6.07, 6.45) is 0. The summed E-state index contributed by atoms with van der Waals surface area (Å²) in [6, 6.07) is 24.4. The van der Waals surface area contributed by atoms with Crippen molar-refractivity contribution < 1.29 is 8.91 Å². The maximum Gasteiger partial charge on any atom is 0.193 e. The number of hydrogen-bond acceptors (Lipinski definition) is 3. The Balaban J connectivity index is 1.38. The van der Waals surface area contributed by atoms with Gasteiger partial charge in [0.05, 0.1) is 12.2 Å². The van der Waals surface area contributed by atoms with E-state index in [-0.39, 0.29) is 17.7 Å². The van der Waals surface area contributed by atoms with Crippen molar-refractivity contribution in [1.82, 2.24) is 10.5 Å². The van der Waals surface area contributed by atoms with Crippen LogP contribution in [0, 0.1) is 18.2 Å². The highest BCUT2D eigenvalue weighted by Gasteiger charge is 2.16. The second-order valence-electron chi connectivity index (χ2n) is 7.76. The van der Waals surface area contributed by atoms with Crippen LogP contribution in [0.1, 0.15) is 35.4 Å². The molecule has 3 N–H and O–H groups in total. The van der Waals surface area contributed by atoms with Crippen LogP contribution in [0.2, 0.25) is 0 Å². The van der Waals surface area contributed by atoms with E-state index in [9.17, 15) is 4.39 Å². The van der Waals surface area contributed by atoms with Gasteiger partial charge in [-0.15, -0.1) is 0 Å². The molecule has 1 atom stereocenters. The van der Waals surface area contributed by atoms with Gasteiger partial charge in [-0.3, -0.25) is 5.41 Å². The lowest BCUT2D eigenvalue weighted by molar-refractivity contribution is 0.373. The van der Waals surface area contributed by atoms with Gasteiger partial charge < -0.3 is 15.2 Å². The van der Waals surface area contributed by atoms with Crippen molar-refractivity contribution in [3.63, 3.8) is 0 Å². The Morgan fingerprint density at radius 1 is 1.03 bits per heavy atom. The maximum atomic E-state index is 14.7. The fourth-order valence-electron chi connectivity index (χ4n) is 3.44. The molecule has 4 aromatic rings. The minimum absolute atomic E-state index is 0.128. The van der Waals surface area contributed by atoms with Crippen LogP contribution in [0.25, 0.3) is 11.1 Å². The van der Waals surface area contributed by atoms with E-state index < -0.39 is 0 Å². The van der Waals surface area contributed by atoms with Crippen LogP contribution in [0.15, 0.2) is 83.4 Å². The van der Waals surface area contributed by atoms with Crippen LogP contribution in [0.3, 0.4) is 0 Å². The third kappa shape index (κ3) is 5.03. The Morgan fingerprint density at radius 2 is 1.78 bits per heavy atom. The summed E-state index contributed by atoms with van der Waals surface area (Å²) in [4.78, 5) is 0. The smallest absolute Gasteiger partial charge is 0.193 e. The first kappa shape index (κ1) is 21.3. The van der Waals surface area contributed by atoms with E-state index >= 15 is 0 Å². The first-order valence-corrected chi connectivity index (χ1v) is 10.5. The first-order chi connectivity index (χ1) is 15.5. The van der Waals surface area contributed by atoms with E-state index in [1.54, 1.807) is 12.1 Å². The van der Waals surface area contributed by atoms with E-state index in [4.69, 9.17) is 9.93 Å². The van der Waals surface area contributed by atoms with Crippen molar-refractivity contribution in [2.75, 3.05) is 5.32 Å². The maximum absolute atomic E-state index is 14.7. The van der Waals surface area contributed by atoms with Crippen LogP contribution < -0.4 is 10.6 Å². The Hall–Kier alpha value is -3.93. The van der Waals surface area contributed by atoms with Gasteiger partial charge in [0.15, 0.2) is 11.7 Å². The lowest BCUT2D eigenvalue weighted by Crippen LogP contribution is -2.28. The number of aromatic nitrogens is 1.